The third-order valence-corrected chi connectivity index (χ3v) is 3.48. The van der Waals surface area contributed by atoms with E-state index in [1.54, 1.807) is 0 Å². The van der Waals surface area contributed by atoms with Crippen molar-refractivity contribution in [1.82, 2.24) is 0 Å². The van der Waals surface area contributed by atoms with Crippen LogP contribution in [0.15, 0.2) is 47.3 Å². The molecule has 0 aliphatic heterocycles. The van der Waals surface area contributed by atoms with E-state index >= 15 is 0 Å². The molecule has 0 saturated carbocycles. The van der Waals surface area contributed by atoms with Crippen LogP contribution >= 0.6 is 0 Å². The number of ether oxygens (including phenoxy) is 2. The van der Waals surface area contributed by atoms with E-state index in [9.17, 15) is 24.3 Å². The molecule has 1 unspecified atom stereocenters. The van der Waals surface area contributed by atoms with E-state index in [2.05, 4.69) is 9.47 Å². The summed E-state index contributed by atoms with van der Waals surface area (Å²) in [7, 11) is 0. The molecule has 2 aliphatic carbocycles. The van der Waals surface area contributed by atoms with Crippen LogP contribution in [0.25, 0.3) is 0 Å². The van der Waals surface area contributed by atoms with Crippen LogP contribution in [0.2, 0.25) is 0 Å². The van der Waals surface area contributed by atoms with Crippen LogP contribution in [0.5, 0.6) is 0 Å². The molecule has 0 radical (unpaired) electrons. The number of ketones is 2. The van der Waals surface area contributed by atoms with Crippen molar-refractivity contribution in [3.8, 4) is 0 Å². The second-order valence-electron chi connectivity index (χ2n) is 5.68. The molecule has 0 aromatic heterocycles. The van der Waals surface area contributed by atoms with E-state index in [1.165, 1.54) is 0 Å². The molecule has 164 valence electrons. The lowest BCUT2D eigenvalue weighted by molar-refractivity contribution is -0.298. The highest BCUT2D eigenvalue weighted by atomic mass is 16.5. The van der Waals surface area contributed by atoms with Crippen LogP contribution in [0.3, 0.4) is 0 Å². The van der Waals surface area contributed by atoms with Crippen molar-refractivity contribution in [3.63, 3.8) is 0 Å². The van der Waals surface area contributed by atoms with E-state index in [0.717, 1.165) is 24.3 Å². The fraction of sp³-hybridized carbons (Fsp3) is 0.333. The van der Waals surface area contributed by atoms with Crippen molar-refractivity contribution < 1.29 is 59.3 Å². The van der Waals surface area contributed by atoms with E-state index < -0.39 is 58.4 Å². The highest BCUT2D eigenvalue weighted by Crippen LogP contribution is 2.18. The van der Waals surface area contributed by atoms with Gasteiger partial charge in [0.1, 0.15) is 19.1 Å². The molecular formula is C18H19O12-. The van der Waals surface area contributed by atoms with Crippen LogP contribution in [0.4, 0.5) is 0 Å². The van der Waals surface area contributed by atoms with Crippen molar-refractivity contribution in [1.29, 1.82) is 0 Å². The Morgan fingerprint density at radius 1 is 0.767 bits per heavy atom. The Labute approximate surface area is 169 Å². The van der Waals surface area contributed by atoms with Gasteiger partial charge in [-0.1, -0.05) is 11.8 Å². The molecule has 12 nitrogen and oxygen atoms in total. The summed E-state index contributed by atoms with van der Waals surface area (Å²) in [5, 5.41) is 54.8. The molecule has 0 aromatic carbocycles. The van der Waals surface area contributed by atoms with Gasteiger partial charge < -0.3 is 40.1 Å². The van der Waals surface area contributed by atoms with Crippen LogP contribution in [-0.2, 0) is 28.7 Å². The SMILES string of the molecule is O=C1C(O)=CC(C(=O)OCCO)C=C1O.O=C1C([O-])=CC(C(=O)OCCO)C=C1O. The van der Waals surface area contributed by atoms with Crippen LogP contribution in [0, 0.1) is 11.8 Å². The zero-order valence-corrected chi connectivity index (χ0v) is 15.4. The van der Waals surface area contributed by atoms with Crippen molar-refractivity contribution in [3.05, 3.63) is 47.3 Å². The largest absolute Gasteiger partial charge is 0.870 e. The molecule has 0 saturated heterocycles. The van der Waals surface area contributed by atoms with Crippen molar-refractivity contribution in [2.45, 2.75) is 0 Å². The first-order valence-electron chi connectivity index (χ1n) is 8.37. The number of rotatable bonds is 6. The zero-order valence-electron chi connectivity index (χ0n) is 15.4. The molecule has 0 fully saturated rings. The summed E-state index contributed by atoms with van der Waals surface area (Å²) in [5.74, 6) is -8.68. The van der Waals surface area contributed by atoms with Gasteiger partial charge in [0.2, 0.25) is 5.78 Å². The Balaban J connectivity index is 0.000000300. The van der Waals surface area contributed by atoms with Gasteiger partial charge in [-0.25, -0.2) is 0 Å². The number of carbonyl (C=O) groups is 4. The Morgan fingerprint density at radius 2 is 1.13 bits per heavy atom. The Morgan fingerprint density at radius 3 is 1.50 bits per heavy atom. The summed E-state index contributed by atoms with van der Waals surface area (Å²) in [6.07, 6.45) is 3.74. The lowest BCUT2D eigenvalue weighted by atomic mass is 10.0. The quantitative estimate of drug-likeness (QED) is 0.292. The molecule has 0 bridgehead atoms. The lowest BCUT2D eigenvalue weighted by Crippen LogP contribution is -2.27. The van der Waals surface area contributed by atoms with Crippen LogP contribution in [0.1, 0.15) is 0 Å². The summed E-state index contributed by atoms with van der Waals surface area (Å²) >= 11 is 0. The third kappa shape index (κ3) is 6.76. The van der Waals surface area contributed by atoms with Crippen molar-refractivity contribution in [2.24, 2.45) is 11.8 Å². The van der Waals surface area contributed by atoms with Gasteiger partial charge in [0.25, 0.3) is 5.78 Å². The number of hydrogen-bond donors (Lipinski definition) is 5. The van der Waals surface area contributed by atoms with E-state index in [1.807, 2.05) is 0 Å². The molecule has 0 spiro atoms. The van der Waals surface area contributed by atoms with E-state index in [4.69, 9.17) is 25.5 Å². The normalized spacial score (nSPS) is 18.8. The molecule has 5 N–H and O–H groups in total. The predicted octanol–water partition coefficient (Wildman–Crippen LogP) is -1.99. The maximum atomic E-state index is 11.2. The van der Waals surface area contributed by atoms with Gasteiger partial charge >= 0.3 is 11.9 Å². The van der Waals surface area contributed by atoms with Gasteiger partial charge in [0.05, 0.1) is 19.1 Å². The molecule has 12 heteroatoms. The first-order chi connectivity index (χ1) is 14.1. The number of hydrogen-bond acceptors (Lipinski definition) is 12. The Kier molecular flexibility index (Phi) is 9.26. The molecule has 0 amide bonds. The number of Topliss-reactive ketones (excluding diaryl/α,β-unsaturated/α-hetero) is 2. The minimum absolute atomic E-state index is 0.174. The highest BCUT2D eigenvalue weighted by molar-refractivity contribution is 6.07. The maximum absolute atomic E-state index is 11.2. The second kappa shape index (κ2) is 11.4. The lowest BCUT2D eigenvalue weighted by Gasteiger charge is -2.18. The number of aliphatic hydroxyl groups is 5. The molecular weight excluding hydrogens is 408 g/mol. The second-order valence-corrected chi connectivity index (χ2v) is 5.68. The number of carbonyl (C=O) groups excluding carboxylic acids is 4. The maximum Gasteiger partial charge on any atom is 0.317 e. The fourth-order valence-corrected chi connectivity index (χ4v) is 2.09. The van der Waals surface area contributed by atoms with Crippen molar-refractivity contribution in [2.75, 3.05) is 26.4 Å². The average molecular weight is 427 g/mol. The fourth-order valence-electron chi connectivity index (χ4n) is 2.09. The Hall–Kier alpha value is -3.64. The standard InChI is InChI=1S/2C9H10O6/c2*10-1-2-15-9(14)5-3-6(11)8(13)7(12)4-5/h2*3-5,10-12H,1-2H2/p-1. The van der Waals surface area contributed by atoms with Gasteiger partial charge in [-0.3, -0.25) is 19.2 Å². The third-order valence-electron chi connectivity index (χ3n) is 3.48. The minimum atomic E-state index is -1.07. The first kappa shape index (κ1) is 24.4. The molecule has 0 aromatic rings. The molecule has 1 atom stereocenters. The summed E-state index contributed by atoms with van der Waals surface area (Å²) in [4.78, 5) is 44.1. The monoisotopic (exact) mass is 427 g/mol. The van der Waals surface area contributed by atoms with Crippen molar-refractivity contribution >= 4 is 23.5 Å². The number of esters is 2. The van der Waals surface area contributed by atoms with Crippen LogP contribution in [-0.4, -0.2) is 75.5 Å². The Bertz CT molecular complexity index is 705. The topological polar surface area (TPSA) is 211 Å². The molecule has 0 heterocycles. The van der Waals surface area contributed by atoms with Gasteiger partial charge in [-0.15, -0.1) is 0 Å². The highest BCUT2D eigenvalue weighted by Gasteiger charge is 2.27. The van der Waals surface area contributed by atoms with Gasteiger partial charge in [0, 0.05) is 0 Å². The van der Waals surface area contributed by atoms with Crippen LogP contribution < -0.4 is 5.11 Å². The van der Waals surface area contributed by atoms with E-state index in [0.29, 0.717) is 0 Å². The van der Waals surface area contributed by atoms with Gasteiger partial charge in [-0.05, 0) is 18.2 Å². The summed E-state index contributed by atoms with van der Waals surface area (Å²) in [6.45, 7) is -1.02. The minimum Gasteiger partial charge on any atom is -0.870 e. The van der Waals surface area contributed by atoms with E-state index in [-0.39, 0.29) is 26.4 Å². The zero-order chi connectivity index (χ0) is 22.8. The predicted molar refractivity (Wildman–Crippen MR) is 93.3 cm³/mol. The summed E-state index contributed by atoms with van der Waals surface area (Å²) in [6, 6.07) is 0. The van der Waals surface area contributed by atoms with Gasteiger partial charge in [0.15, 0.2) is 17.3 Å². The molecule has 2 aliphatic rings. The average Bonchev–Trinajstić information content (AvgIpc) is 2.71. The summed E-state index contributed by atoms with van der Waals surface area (Å²) in [5.41, 5.74) is 0. The van der Waals surface area contributed by atoms with Gasteiger partial charge in [-0.2, -0.15) is 0 Å². The number of aliphatic hydroxyl groups excluding tert-OH is 5. The smallest absolute Gasteiger partial charge is 0.317 e. The first-order valence-corrected chi connectivity index (χ1v) is 8.37. The summed E-state index contributed by atoms with van der Waals surface area (Å²) < 4.78 is 9.07. The molecule has 30 heavy (non-hydrogen) atoms. The molecule has 2 rings (SSSR count).